The third-order valence-corrected chi connectivity index (χ3v) is 15.2. The standard InChI is InChI=1S/C68H64N4O2/c1-65(2,3)43-31-32-54(49(36-43)40-21-14-13-15-22-40)72-56-28-19-23-46(61(56)70-64(72)50-37-45(67(7,8)9)38-51(63(50)73)68(10,11)12)41-33-42(35-44(34-41)66(4,5)6)53-39-57-60-47(24-18-26-52(60)69-53)48-25-20-30-59-62(48)71(57)55-27-16-17-29-58(55)74-59/h13-39,73H,1-12H3. The number of aromatic hydroxyl groups is 1. The number of phenols is 1. The summed E-state index contributed by atoms with van der Waals surface area (Å²) in [4.78, 5) is 11.3. The highest BCUT2D eigenvalue weighted by Crippen LogP contribution is 2.47. The summed E-state index contributed by atoms with van der Waals surface area (Å²) in [6, 6.07) is 58.8. The Morgan fingerprint density at radius 3 is 1.81 bits per heavy atom. The maximum atomic E-state index is 12.7. The Kier molecular flexibility index (Phi) is 10.5. The fourth-order valence-electron chi connectivity index (χ4n) is 11.1. The van der Waals surface area contributed by atoms with E-state index in [9.17, 15) is 5.11 Å². The average molecular weight is 969 g/mol. The van der Waals surface area contributed by atoms with Crippen molar-refractivity contribution in [3.63, 3.8) is 0 Å². The maximum absolute atomic E-state index is 12.7. The highest BCUT2D eigenvalue weighted by Gasteiger charge is 2.31. The Hall–Kier alpha value is -7.96. The molecule has 6 heteroatoms. The number of phenolic OH excluding ortho intramolecular Hbond substituents is 1. The number of rotatable bonds is 5. The lowest BCUT2D eigenvalue weighted by Crippen LogP contribution is -2.17. The van der Waals surface area contributed by atoms with Crippen LogP contribution in [0.3, 0.4) is 0 Å². The summed E-state index contributed by atoms with van der Waals surface area (Å²) < 4.78 is 11.3. The predicted octanol–water partition coefficient (Wildman–Crippen LogP) is 18.4. The first-order valence-electron chi connectivity index (χ1n) is 26.0. The Balaban J connectivity index is 1.16. The molecule has 10 aromatic rings. The van der Waals surface area contributed by atoms with Gasteiger partial charge in [0.2, 0.25) is 0 Å². The van der Waals surface area contributed by atoms with Gasteiger partial charge in [-0.1, -0.05) is 180 Å². The molecule has 0 atom stereocenters. The normalized spacial score (nSPS) is 12.9. The molecule has 0 saturated heterocycles. The summed E-state index contributed by atoms with van der Waals surface area (Å²) >= 11 is 0. The van der Waals surface area contributed by atoms with Crippen molar-refractivity contribution in [2.75, 3.05) is 0 Å². The van der Waals surface area contributed by atoms with Crippen LogP contribution in [0.1, 0.15) is 105 Å². The van der Waals surface area contributed by atoms with E-state index < -0.39 is 0 Å². The van der Waals surface area contributed by atoms with Gasteiger partial charge in [0.25, 0.3) is 0 Å². The second kappa shape index (κ2) is 16.5. The number of benzene rings is 8. The Morgan fingerprint density at radius 1 is 0.432 bits per heavy atom. The van der Waals surface area contributed by atoms with Crippen LogP contribution in [-0.4, -0.2) is 24.2 Å². The smallest absolute Gasteiger partial charge is 0.152 e. The highest BCUT2D eigenvalue weighted by molar-refractivity contribution is 6.20. The van der Waals surface area contributed by atoms with Crippen LogP contribution in [0.25, 0.3) is 111 Å². The van der Waals surface area contributed by atoms with Gasteiger partial charge in [0, 0.05) is 33.0 Å². The van der Waals surface area contributed by atoms with Gasteiger partial charge in [-0.3, -0.25) is 4.57 Å². The molecule has 0 bridgehead atoms. The van der Waals surface area contributed by atoms with Gasteiger partial charge in [-0.2, -0.15) is 0 Å². The maximum Gasteiger partial charge on any atom is 0.152 e. The third kappa shape index (κ3) is 7.68. The molecule has 2 aliphatic heterocycles. The quantitative estimate of drug-likeness (QED) is 0.138. The van der Waals surface area contributed by atoms with Crippen molar-refractivity contribution in [2.24, 2.45) is 0 Å². The van der Waals surface area contributed by atoms with E-state index in [1.165, 1.54) is 11.1 Å². The van der Waals surface area contributed by atoms with E-state index in [2.05, 4.69) is 244 Å². The van der Waals surface area contributed by atoms with Crippen molar-refractivity contribution >= 4 is 54.9 Å². The molecule has 2 aliphatic rings. The minimum Gasteiger partial charge on any atom is -0.507 e. The average Bonchev–Trinajstić information content (AvgIpc) is 3.75. The second-order valence-corrected chi connectivity index (χ2v) is 24.5. The van der Waals surface area contributed by atoms with Gasteiger partial charge in [0.05, 0.1) is 50.2 Å². The molecule has 1 N–H and O–H groups in total. The molecule has 0 fully saturated rings. The van der Waals surface area contributed by atoms with E-state index >= 15 is 0 Å². The molecule has 0 spiro atoms. The number of fused-ring (bicyclic) bond motifs is 5. The van der Waals surface area contributed by atoms with E-state index in [1.807, 2.05) is 12.1 Å². The largest absolute Gasteiger partial charge is 0.507 e. The lowest BCUT2D eigenvalue weighted by Gasteiger charge is -2.28. The number of hydrogen-bond acceptors (Lipinski definition) is 4. The number of pyridine rings is 2. The van der Waals surface area contributed by atoms with Gasteiger partial charge < -0.3 is 14.1 Å². The molecule has 2 aromatic heterocycles. The van der Waals surface area contributed by atoms with Gasteiger partial charge >= 0.3 is 0 Å². The van der Waals surface area contributed by atoms with Crippen LogP contribution in [0.15, 0.2) is 168 Å². The van der Waals surface area contributed by atoms with Crippen LogP contribution >= 0.6 is 0 Å². The zero-order valence-corrected chi connectivity index (χ0v) is 44.7. The number of aromatic nitrogens is 4. The molecule has 0 aliphatic carbocycles. The fourth-order valence-corrected chi connectivity index (χ4v) is 11.1. The first kappa shape index (κ1) is 47.1. The molecule has 6 nitrogen and oxygen atoms in total. The van der Waals surface area contributed by atoms with Crippen molar-refractivity contribution in [2.45, 2.75) is 105 Å². The van der Waals surface area contributed by atoms with Crippen molar-refractivity contribution in [1.82, 2.24) is 19.1 Å². The number of nitrogens with zero attached hydrogens (tertiary/aromatic N) is 4. The van der Waals surface area contributed by atoms with Gasteiger partial charge in [-0.25, -0.2) is 9.97 Å². The minimum atomic E-state index is -0.344. The minimum absolute atomic E-state index is 0.0915. The van der Waals surface area contributed by atoms with Crippen LogP contribution in [0.2, 0.25) is 0 Å². The Morgan fingerprint density at radius 2 is 1.07 bits per heavy atom. The number of hydrogen-bond donors (Lipinski definition) is 1. The van der Waals surface area contributed by atoms with Gasteiger partial charge in [-0.05, 0) is 122 Å². The molecular weight excluding hydrogens is 905 g/mol. The summed E-state index contributed by atoms with van der Waals surface area (Å²) in [5.41, 5.74) is 18.9. The van der Waals surface area contributed by atoms with Crippen LogP contribution in [0, 0.1) is 0 Å². The molecule has 0 amide bonds. The molecule has 8 aromatic carbocycles. The van der Waals surface area contributed by atoms with E-state index in [0.29, 0.717) is 11.4 Å². The summed E-state index contributed by atoms with van der Waals surface area (Å²) in [5.74, 6) is 0.936. The predicted molar refractivity (Wildman–Crippen MR) is 310 cm³/mol. The summed E-state index contributed by atoms with van der Waals surface area (Å²) in [7, 11) is 0. The SMILES string of the molecule is CC(C)(C)c1cc(-c2cc3c4c(cccc4c4cccc5oc6ccccc6n3-c54)n2)cc(-c2cccc3c2nc(-c2cc(C(C)(C)C)cc(C(C)(C)C)c2O)n3-c2ccc(C(C)(C)C)cc2-c2ccccc2)c1. The third-order valence-electron chi connectivity index (χ3n) is 15.2. The van der Waals surface area contributed by atoms with Crippen molar-refractivity contribution in [1.29, 1.82) is 0 Å². The van der Waals surface area contributed by atoms with Crippen LogP contribution in [0.5, 0.6) is 5.75 Å². The summed E-state index contributed by atoms with van der Waals surface area (Å²) in [6.07, 6.45) is 0. The van der Waals surface area contributed by atoms with Crippen molar-refractivity contribution in [3.8, 4) is 62.0 Å². The lowest BCUT2D eigenvalue weighted by molar-refractivity contribution is 0.446. The number of para-hydroxylation sites is 4. The van der Waals surface area contributed by atoms with E-state index in [-0.39, 0.29) is 27.4 Å². The zero-order chi connectivity index (χ0) is 51.8. The molecule has 74 heavy (non-hydrogen) atoms. The molecule has 0 unspecified atom stereocenters. The monoisotopic (exact) mass is 969 g/mol. The van der Waals surface area contributed by atoms with E-state index in [4.69, 9.17) is 14.4 Å². The van der Waals surface area contributed by atoms with E-state index in [1.54, 1.807) is 0 Å². The Bertz CT molecular complexity index is 4170. The lowest BCUT2D eigenvalue weighted by atomic mass is 9.79. The topological polar surface area (TPSA) is 69.0 Å². The summed E-state index contributed by atoms with van der Waals surface area (Å²) in [5, 5.41) is 16.1. The molecule has 12 rings (SSSR count). The first-order chi connectivity index (χ1) is 35.1. The Labute approximate surface area is 434 Å². The molecule has 368 valence electrons. The molecular formula is C68H64N4O2. The van der Waals surface area contributed by atoms with Crippen LogP contribution < -0.4 is 0 Å². The first-order valence-corrected chi connectivity index (χ1v) is 26.0. The van der Waals surface area contributed by atoms with Crippen LogP contribution in [0.4, 0.5) is 0 Å². The summed E-state index contributed by atoms with van der Waals surface area (Å²) in [6.45, 7) is 26.9. The van der Waals surface area contributed by atoms with Gasteiger partial charge in [0.15, 0.2) is 11.2 Å². The molecule has 4 heterocycles. The van der Waals surface area contributed by atoms with E-state index in [0.717, 1.165) is 111 Å². The second-order valence-electron chi connectivity index (χ2n) is 24.5. The molecule has 0 saturated carbocycles. The van der Waals surface area contributed by atoms with Crippen molar-refractivity contribution < 1.29 is 9.52 Å². The molecule has 0 radical (unpaired) electrons. The highest BCUT2D eigenvalue weighted by atomic mass is 16.3. The zero-order valence-electron chi connectivity index (χ0n) is 44.7. The number of imidazole rings is 1. The van der Waals surface area contributed by atoms with Crippen molar-refractivity contribution in [3.05, 3.63) is 186 Å². The van der Waals surface area contributed by atoms with Crippen LogP contribution in [-0.2, 0) is 21.7 Å². The van der Waals surface area contributed by atoms with Gasteiger partial charge in [0.1, 0.15) is 11.6 Å². The fraction of sp³-hybridized carbons (Fsp3) is 0.235. The van der Waals surface area contributed by atoms with Gasteiger partial charge in [-0.15, -0.1) is 0 Å².